The molecule has 0 saturated carbocycles. The van der Waals surface area contributed by atoms with Gasteiger partial charge < -0.3 is 0 Å². The van der Waals surface area contributed by atoms with Gasteiger partial charge in [0.05, 0.1) is 0 Å². The van der Waals surface area contributed by atoms with Gasteiger partial charge in [-0.2, -0.15) is 0 Å². The van der Waals surface area contributed by atoms with Crippen molar-refractivity contribution in [3.8, 4) is 0 Å². The Hall–Kier alpha value is -1.40. The molecule has 0 aliphatic heterocycles. The summed E-state index contributed by atoms with van der Waals surface area (Å²) in [5.41, 5.74) is 4.59. The van der Waals surface area contributed by atoms with Gasteiger partial charge in [0.15, 0.2) is 0 Å². The van der Waals surface area contributed by atoms with Crippen LogP contribution in [0.2, 0.25) is 5.02 Å². The van der Waals surface area contributed by atoms with Crippen LogP contribution in [-0.2, 0) is 0 Å². The van der Waals surface area contributed by atoms with Gasteiger partial charge in [0.25, 0.3) is 0 Å². The number of halogens is 2. The van der Waals surface area contributed by atoms with E-state index in [1.807, 2.05) is 19.2 Å². The van der Waals surface area contributed by atoms with Crippen LogP contribution in [0.5, 0.6) is 0 Å². The molecule has 23 heavy (non-hydrogen) atoms. The summed E-state index contributed by atoms with van der Waals surface area (Å²) >= 11 is 6.26. The molecule has 1 heterocycles. The second kappa shape index (κ2) is 6.61. The van der Waals surface area contributed by atoms with Crippen molar-refractivity contribution in [1.29, 1.82) is 0 Å². The fourth-order valence-electron chi connectivity index (χ4n) is 2.62. The molecule has 0 spiro atoms. The van der Waals surface area contributed by atoms with Gasteiger partial charge in [0.2, 0.25) is 0 Å². The topological polar surface area (TPSA) is 29.0 Å². The molecule has 0 bridgehead atoms. The SMILES string of the molecule is C[I-]c1c(Cl)cccc1N(C)c1ncnc2cc(C)c(C)cc12. The molecule has 2 aromatic carbocycles. The van der Waals surface area contributed by atoms with Crippen molar-refractivity contribution in [2.75, 3.05) is 16.9 Å². The first-order valence-corrected chi connectivity index (χ1v) is 10.9. The normalized spacial score (nSPS) is 11.2. The van der Waals surface area contributed by atoms with E-state index in [-0.39, 0.29) is 21.2 Å². The standard InChI is InChI=1S/C18H18ClIN3/c1-11-8-13-15(9-12(11)2)21-10-22-18(13)23(4)16-7-5-6-14(19)17(16)20-3/h5-10H,1-4H3/q-1. The van der Waals surface area contributed by atoms with Gasteiger partial charge in [0.1, 0.15) is 0 Å². The Morgan fingerprint density at radius 3 is 2.57 bits per heavy atom. The Balaban J connectivity index is 2.21. The predicted molar refractivity (Wildman–Crippen MR) is 93.1 cm³/mol. The molecular weight excluding hydrogens is 421 g/mol. The zero-order valence-corrected chi connectivity index (χ0v) is 16.5. The summed E-state index contributed by atoms with van der Waals surface area (Å²) in [5.74, 6) is 0.916. The molecule has 3 aromatic rings. The summed E-state index contributed by atoms with van der Waals surface area (Å²) in [6, 6.07) is 10.4. The number of rotatable bonds is 3. The summed E-state index contributed by atoms with van der Waals surface area (Å²) < 4.78 is 1.24. The number of aryl methyl sites for hydroxylation is 2. The average molecular weight is 439 g/mol. The Kier molecular flexibility index (Phi) is 4.73. The molecule has 5 heteroatoms. The molecule has 0 N–H and O–H groups in total. The summed E-state index contributed by atoms with van der Waals surface area (Å²) in [4.78, 5) is 13.3. The first-order chi connectivity index (χ1) is 11.0. The summed E-state index contributed by atoms with van der Waals surface area (Å²) in [5, 5.41) is 1.91. The number of hydrogen-bond acceptors (Lipinski definition) is 3. The van der Waals surface area contributed by atoms with Crippen LogP contribution in [0.3, 0.4) is 0 Å². The Labute approximate surface area is 152 Å². The van der Waals surface area contributed by atoms with Crippen molar-refractivity contribution in [3.05, 3.63) is 56.4 Å². The number of hydrogen-bond donors (Lipinski definition) is 0. The number of fused-ring (bicyclic) bond motifs is 1. The number of benzene rings is 2. The van der Waals surface area contributed by atoms with Crippen LogP contribution in [0.4, 0.5) is 11.5 Å². The van der Waals surface area contributed by atoms with Gasteiger partial charge in [-0.1, -0.05) is 0 Å². The molecule has 3 rings (SSSR count). The van der Waals surface area contributed by atoms with Crippen LogP contribution in [-0.4, -0.2) is 21.9 Å². The molecule has 0 saturated heterocycles. The number of nitrogens with zero attached hydrogens (tertiary/aromatic N) is 3. The van der Waals surface area contributed by atoms with Crippen LogP contribution in [0.25, 0.3) is 10.9 Å². The van der Waals surface area contributed by atoms with Crippen molar-refractivity contribution < 1.29 is 21.2 Å². The third kappa shape index (κ3) is 3.02. The monoisotopic (exact) mass is 438 g/mol. The van der Waals surface area contributed by atoms with E-state index in [0.717, 1.165) is 27.4 Å². The van der Waals surface area contributed by atoms with E-state index in [4.69, 9.17) is 11.6 Å². The second-order valence-corrected chi connectivity index (χ2v) is 8.04. The van der Waals surface area contributed by atoms with Crippen LogP contribution < -0.4 is 26.1 Å². The van der Waals surface area contributed by atoms with Gasteiger partial charge in [-0.3, -0.25) is 0 Å². The third-order valence-electron chi connectivity index (χ3n) is 4.03. The molecule has 120 valence electrons. The molecular formula is C18H18ClIN3-. The van der Waals surface area contributed by atoms with Crippen LogP contribution in [0, 0.1) is 17.4 Å². The quantitative estimate of drug-likeness (QED) is 0.459. The van der Waals surface area contributed by atoms with E-state index in [0.29, 0.717) is 0 Å². The molecule has 0 radical (unpaired) electrons. The molecule has 0 aliphatic carbocycles. The fourth-order valence-corrected chi connectivity index (χ4v) is 5.06. The van der Waals surface area contributed by atoms with E-state index >= 15 is 0 Å². The molecule has 1 aromatic heterocycles. The summed E-state index contributed by atoms with van der Waals surface area (Å²) in [7, 11) is 2.05. The molecule has 0 aliphatic rings. The van der Waals surface area contributed by atoms with E-state index in [1.54, 1.807) is 6.33 Å². The van der Waals surface area contributed by atoms with Crippen LogP contribution >= 0.6 is 11.6 Å². The third-order valence-corrected chi connectivity index (χ3v) is 6.88. The van der Waals surface area contributed by atoms with Gasteiger partial charge in [-0.25, -0.2) is 0 Å². The first-order valence-electron chi connectivity index (χ1n) is 7.26. The van der Waals surface area contributed by atoms with Crippen LogP contribution in [0.1, 0.15) is 11.1 Å². The van der Waals surface area contributed by atoms with Gasteiger partial charge in [0, 0.05) is 0 Å². The minimum atomic E-state index is -0.132. The molecule has 0 atom stereocenters. The fraction of sp³-hybridized carbons (Fsp3) is 0.222. The Bertz CT molecular complexity index is 880. The Morgan fingerprint density at radius 2 is 1.83 bits per heavy atom. The number of alkyl halides is 1. The van der Waals surface area contributed by atoms with E-state index in [9.17, 15) is 0 Å². The average Bonchev–Trinajstić information content (AvgIpc) is 2.54. The van der Waals surface area contributed by atoms with Crippen molar-refractivity contribution >= 4 is 34.0 Å². The zero-order valence-electron chi connectivity index (χ0n) is 13.6. The van der Waals surface area contributed by atoms with Crippen molar-refractivity contribution in [3.63, 3.8) is 0 Å². The maximum atomic E-state index is 6.39. The van der Waals surface area contributed by atoms with Gasteiger partial charge in [-0.05, 0) is 0 Å². The van der Waals surface area contributed by atoms with E-state index in [2.05, 4.69) is 51.8 Å². The molecule has 0 fully saturated rings. The molecule has 0 amide bonds. The molecule has 3 nitrogen and oxygen atoms in total. The number of anilines is 2. The Morgan fingerprint density at radius 1 is 1.09 bits per heavy atom. The second-order valence-electron chi connectivity index (χ2n) is 5.47. The molecule has 0 unspecified atom stereocenters. The van der Waals surface area contributed by atoms with Crippen molar-refractivity contribution in [2.24, 2.45) is 0 Å². The summed E-state index contributed by atoms with van der Waals surface area (Å²) in [6.07, 6.45) is 1.63. The summed E-state index contributed by atoms with van der Waals surface area (Å²) in [6.45, 7) is 4.23. The first kappa shape index (κ1) is 16.5. The van der Waals surface area contributed by atoms with Crippen LogP contribution in [0.15, 0.2) is 36.7 Å². The minimum absolute atomic E-state index is 0.132. The van der Waals surface area contributed by atoms with Crippen molar-refractivity contribution in [1.82, 2.24) is 9.97 Å². The zero-order chi connectivity index (χ0) is 16.6. The number of aromatic nitrogens is 2. The van der Waals surface area contributed by atoms with E-state index < -0.39 is 0 Å². The van der Waals surface area contributed by atoms with Crippen molar-refractivity contribution in [2.45, 2.75) is 13.8 Å². The maximum absolute atomic E-state index is 6.39. The predicted octanol–water partition coefficient (Wildman–Crippen LogP) is 1.56. The van der Waals surface area contributed by atoms with E-state index in [1.165, 1.54) is 14.7 Å². The van der Waals surface area contributed by atoms with Gasteiger partial charge in [-0.15, -0.1) is 0 Å². The van der Waals surface area contributed by atoms with Gasteiger partial charge >= 0.3 is 152 Å².